The molecule has 0 saturated heterocycles. The monoisotopic (exact) mass is 413 g/mol. The molecule has 0 bridgehead atoms. The molecule has 0 spiro atoms. The van der Waals surface area contributed by atoms with Crippen LogP contribution in [-0.4, -0.2) is 55.2 Å². The largest absolute Gasteiger partial charge is 0.350 e. The van der Waals surface area contributed by atoms with Gasteiger partial charge in [0.2, 0.25) is 5.91 Å². The molecular formula is C20H32ClN3O2S. The van der Waals surface area contributed by atoms with Crippen molar-refractivity contribution in [1.29, 1.82) is 0 Å². The van der Waals surface area contributed by atoms with Crippen LogP contribution in [0.25, 0.3) is 0 Å². The van der Waals surface area contributed by atoms with E-state index in [0.29, 0.717) is 23.9 Å². The Hall–Kier alpha value is -1.24. The molecule has 2 rings (SSSR count). The first-order valence-corrected chi connectivity index (χ1v) is 10.4. The topological polar surface area (TPSA) is 61.4 Å². The average Bonchev–Trinajstić information content (AvgIpc) is 2.70. The maximum Gasteiger partial charge on any atom is 0.252 e. The molecule has 0 aromatic heterocycles. The fourth-order valence-electron chi connectivity index (χ4n) is 3.14. The molecular weight excluding hydrogens is 382 g/mol. The Morgan fingerprint density at radius 3 is 2.56 bits per heavy atom. The van der Waals surface area contributed by atoms with Gasteiger partial charge in [-0.1, -0.05) is 31.4 Å². The van der Waals surface area contributed by atoms with E-state index in [9.17, 15) is 9.59 Å². The fraction of sp³-hybridized carbons (Fsp3) is 0.600. The van der Waals surface area contributed by atoms with Gasteiger partial charge >= 0.3 is 0 Å². The van der Waals surface area contributed by atoms with E-state index < -0.39 is 0 Å². The maximum absolute atomic E-state index is 12.5. The molecule has 1 aromatic carbocycles. The van der Waals surface area contributed by atoms with E-state index in [1.807, 2.05) is 50.2 Å². The molecule has 0 aliphatic heterocycles. The molecule has 0 radical (unpaired) electrons. The number of amides is 2. The zero-order valence-electron chi connectivity index (χ0n) is 16.5. The highest BCUT2D eigenvalue weighted by atomic mass is 35.5. The second-order valence-corrected chi connectivity index (χ2v) is 8.00. The number of carbonyl (C=O) groups excluding carboxylic acids is 2. The molecule has 1 fully saturated rings. The Bertz CT molecular complexity index is 609. The van der Waals surface area contributed by atoms with Gasteiger partial charge in [-0.2, -0.15) is 0 Å². The minimum absolute atomic E-state index is 0. The summed E-state index contributed by atoms with van der Waals surface area (Å²) in [7, 11) is 3.78. The molecule has 2 N–H and O–H groups in total. The van der Waals surface area contributed by atoms with Crippen LogP contribution >= 0.6 is 24.2 Å². The van der Waals surface area contributed by atoms with Crippen molar-refractivity contribution in [2.75, 3.05) is 26.4 Å². The molecule has 1 aliphatic rings. The molecule has 5 nitrogen and oxygen atoms in total. The highest BCUT2D eigenvalue weighted by Crippen LogP contribution is 2.25. The summed E-state index contributed by atoms with van der Waals surface area (Å²) in [6.07, 6.45) is 5.92. The Balaban J connectivity index is 0.00000364. The first kappa shape index (κ1) is 23.8. The number of hydrogen-bond acceptors (Lipinski definition) is 4. The van der Waals surface area contributed by atoms with Gasteiger partial charge in [0.25, 0.3) is 5.91 Å². The van der Waals surface area contributed by atoms with Gasteiger partial charge in [-0.25, -0.2) is 0 Å². The van der Waals surface area contributed by atoms with E-state index in [4.69, 9.17) is 0 Å². The normalized spacial score (nSPS) is 15.5. The van der Waals surface area contributed by atoms with Crippen LogP contribution in [0, 0.1) is 0 Å². The van der Waals surface area contributed by atoms with Crippen LogP contribution in [0.1, 0.15) is 49.4 Å². The maximum atomic E-state index is 12.5. The lowest BCUT2D eigenvalue weighted by atomic mass is 9.94. The summed E-state index contributed by atoms with van der Waals surface area (Å²) in [5.41, 5.74) is 0.633. The van der Waals surface area contributed by atoms with Crippen LogP contribution in [0.15, 0.2) is 29.2 Å². The zero-order valence-corrected chi connectivity index (χ0v) is 18.1. The van der Waals surface area contributed by atoms with Crippen LogP contribution in [0.5, 0.6) is 0 Å². The molecule has 1 aliphatic carbocycles. The van der Waals surface area contributed by atoms with E-state index in [0.717, 1.165) is 17.7 Å². The van der Waals surface area contributed by atoms with Gasteiger partial charge in [0.15, 0.2) is 0 Å². The quantitative estimate of drug-likeness (QED) is 0.641. The minimum Gasteiger partial charge on any atom is -0.350 e. The van der Waals surface area contributed by atoms with E-state index >= 15 is 0 Å². The number of rotatable bonds is 8. The smallest absolute Gasteiger partial charge is 0.252 e. The van der Waals surface area contributed by atoms with Crippen LogP contribution in [0.2, 0.25) is 0 Å². The van der Waals surface area contributed by atoms with Gasteiger partial charge in [0.1, 0.15) is 0 Å². The lowest BCUT2D eigenvalue weighted by Crippen LogP contribution is -2.39. The Labute approximate surface area is 173 Å². The van der Waals surface area contributed by atoms with Gasteiger partial charge in [-0.15, -0.1) is 24.2 Å². The molecule has 1 atom stereocenters. The van der Waals surface area contributed by atoms with Gasteiger partial charge in [0, 0.05) is 30.6 Å². The van der Waals surface area contributed by atoms with Gasteiger partial charge < -0.3 is 15.5 Å². The molecule has 1 aromatic rings. The molecule has 1 unspecified atom stereocenters. The molecule has 2 amide bonds. The van der Waals surface area contributed by atoms with Crippen molar-refractivity contribution in [3.63, 3.8) is 0 Å². The first-order valence-electron chi connectivity index (χ1n) is 9.46. The second-order valence-electron chi connectivity index (χ2n) is 6.98. The highest BCUT2D eigenvalue weighted by molar-refractivity contribution is 8.00. The number of likely N-dealkylation sites (N-methyl/N-ethyl adjacent to an activating group) is 1. The number of nitrogens with zero attached hydrogens (tertiary/aromatic N) is 1. The third kappa shape index (κ3) is 7.35. The number of halogens is 1. The summed E-state index contributed by atoms with van der Waals surface area (Å²) < 4.78 is 0. The molecule has 0 heterocycles. The Morgan fingerprint density at radius 1 is 1.22 bits per heavy atom. The number of thioether (sulfide) groups is 1. The number of hydrogen-bond donors (Lipinski definition) is 2. The van der Waals surface area contributed by atoms with Crippen molar-refractivity contribution >= 4 is 36.0 Å². The minimum atomic E-state index is -0.0942. The van der Waals surface area contributed by atoms with Gasteiger partial charge in [-0.3, -0.25) is 9.59 Å². The predicted octanol–water partition coefficient (Wildman–Crippen LogP) is 3.33. The van der Waals surface area contributed by atoms with Crippen LogP contribution < -0.4 is 10.6 Å². The summed E-state index contributed by atoms with van der Waals surface area (Å²) in [6.45, 7) is 2.58. The molecule has 27 heavy (non-hydrogen) atoms. The van der Waals surface area contributed by atoms with E-state index in [2.05, 4.69) is 10.6 Å². The zero-order chi connectivity index (χ0) is 18.9. The van der Waals surface area contributed by atoms with E-state index in [1.54, 1.807) is 0 Å². The number of benzene rings is 1. The van der Waals surface area contributed by atoms with Crippen molar-refractivity contribution < 1.29 is 9.59 Å². The van der Waals surface area contributed by atoms with Crippen LogP contribution in [-0.2, 0) is 4.79 Å². The Morgan fingerprint density at radius 2 is 1.89 bits per heavy atom. The summed E-state index contributed by atoms with van der Waals surface area (Å²) in [6, 6.07) is 8.08. The fourth-order valence-corrected chi connectivity index (χ4v) is 4.11. The lowest BCUT2D eigenvalue weighted by Gasteiger charge is -2.31. The first-order chi connectivity index (χ1) is 12.5. The standard InChI is InChI=1S/C20H31N3O2S.ClH/c1-15(21-2)13-22-20(25)17-11-7-8-12-18(17)26-14-19(24)23(3)16-9-5-4-6-10-16;/h7-8,11-12,15-16,21H,4-6,9-10,13-14H2,1-3H3,(H,22,25);1H. The van der Waals surface area contributed by atoms with Gasteiger partial charge in [-0.05, 0) is 38.9 Å². The molecule has 152 valence electrons. The third-order valence-corrected chi connectivity index (χ3v) is 6.12. The third-order valence-electron chi connectivity index (χ3n) is 5.06. The lowest BCUT2D eigenvalue weighted by molar-refractivity contribution is -0.129. The van der Waals surface area contributed by atoms with E-state index in [1.165, 1.54) is 31.0 Å². The Kier molecular flexibility index (Phi) is 10.8. The summed E-state index contributed by atoms with van der Waals surface area (Å²) >= 11 is 1.45. The summed E-state index contributed by atoms with van der Waals surface area (Å²) in [5, 5.41) is 6.04. The van der Waals surface area contributed by atoms with Crippen molar-refractivity contribution in [2.45, 2.75) is 56.0 Å². The summed E-state index contributed by atoms with van der Waals surface area (Å²) in [4.78, 5) is 27.8. The number of nitrogens with one attached hydrogen (secondary N) is 2. The van der Waals surface area contributed by atoms with Crippen molar-refractivity contribution in [2.24, 2.45) is 0 Å². The van der Waals surface area contributed by atoms with Gasteiger partial charge in [0.05, 0.1) is 11.3 Å². The van der Waals surface area contributed by atoms with Crippen molar-refractivity contribution in [3.05, 3.63) is 29.8 Å². The highest BCUT2D eigenvalue weighted by Gasteiger charge is 2.22. The van der Waals surface area contributed by atoms with Crippen LogP contribution in [0.4, 0.5) is 0 Å². The van der Waals surface area contributed by atoms with Crippen molar-refractivity contribution in [1.82, 2.24) is 15.5 Å². The predicted molar refractivity (Wildman–Crippen MR) is 115 cm³/mol. The number of carbonyl (C=O) groups is 2. The van der Waals surface area contributed by atoms with Crippen molar-refractivity contribution in [3.8, 4) is 0 Å². The van der Waals surface area contributed by atoms with Crippen LogP contribution in [0.3, 0.4) is 0 Å². The molecule has 1 saturated carbocycles. The van der Waals surface area contributed by atoms with E-state index in [-0.39, 0.29) is 30.3 Å². The second kappa shape index (κ2) is 12.3. The summed E-state index contributed by atoms with van der Waals surface area (Å²) in [5.74, 6) is 0.411. The average molecular weight is 414 g/mol. The SMILES string of the molecule is CNC(C)CNC(=O)c1ccccc1SCC(=O)N(C)C1CCCCC1.Cl. The molecule has 7 heteroatoms.